The average molecular weight is 298 g/mol. The first-order valence-electron chi connectivity index (χ1n) is 6.82. The van der Waals surface area contributed by atoms with Gasteiger partial charge in [0.2, 0.25) is 5.91 Å². The Morgan fingerprint density at radius 1 is 1.50 bits per heavy atom. The lowest BCUT2D eigenvalue weighted by Crippen LogP contribution is -2.38. The summed E-state index contributed by atoms with van der Waals surface area (Å²) >= 11 is 6.08. The fourth-order valence-corrected chi connectivity index (χ4v) is 2.84. The Kier molecular flexibility index (Phi) is 5.40. The van der Waals surface area contributed by atoms with Gasteiger partial charge >= 0.3 is 0 Å². The molecule has 0 saturated carbocycles. The van der Waals surface area contributed by atoms with E-state index >= 15 is 0 Å². The monoisotopic (exact) mass is 297 g/mol. The number of halogens is 1. The molecule has 0 aromatic heterocycles. The van der Waals surface area contributed by atoms with Crippen LogP contribution in [0.15, 0.2) is 24.3 Å². The number of carbonyl (C=O) groups excluding carboxylic acids is 1. The van der Waals surface area contributed by atoms with Gasteiger partial charge in [0.15, 0.2) is 0 Å². The number of hydrogen-bond donors (Lipinski definition) is 1. The molecule has 1 aromatic rings. The molecule has 20 heavy (non-hydrogen) atoms. The Hall–Kier alpha value is -1.10. The third-order valence-corrected chi connectivity index (χ3v) is 4.18. The highest BCUT2D eigenvalue weighted by Gasteiger charge is 2.34. The summed E-state index contributed by atoms with van der Waals surface area (Å²) in [5.74, 6) is 0.0449. The summed E-state index contributed by atoms with van der Waals surface area (Å²) in [4.78, 5) is 14.0. The zero-order valence-corrected chi connectivity index (χ0v) is 12.3. The van der Waals surface area contributed by atoms with Crippen molar-refractivity contribution in [2.24, 2.45) is 0 Å². The van der Waals surface area contributed by atoms with Crippen LogP contribution in [0.25, 0.3) is 0 Å². The van der Waals surface area contributed by atoms with E-state index in [0.29, 0.717) is 30.8 Å². The molecule has 5 heteroatoms. The summed E-state index contributed by atoms with van der Waals surface area (Å²) in [5, 5.41) is 10.0. The third-order valence-electron chi connectivity index (χ3n) is 3.81. The van der Waals surface area contributed by atoms with Crippen molar-refractivity contribution in [3.63, 3.8) is 0 Å². The first-order valence-corrected chi connectivity index (χ1v) is 7.20. The minimum absolute atomic E-state index is 0.0162. The Morgan fingerprint density at radius 2 is 2.25 bits per heavy atom. The number of carbonyl (C=O) groups is 1. The first kappa shape index (κ1) is 15.3. The molecule has 1 aromatic carbocycles. The number of ether oxygens (including phenoxy) is 1. The number of likely N-dealkylation sites (tertiary alicyclic amines) is 1. The standard InChI is InChI=1S/C15H20ClNO3/c1-20-13-8-12(10-18)17(9-13)15(19)7-6-11-4-2-3-5-14(11)16/h2-5,12-13,18H,6-10H2,1H3/t12-,13+/m0/s1. The minimum atomic E-state index is -0.126. The van der Waals surface area contributed by atoms with E-state index in [2.05, 4.69) is 0 Å². The highest BCUT2D eigenvalue weighted by Crippen LogP contribution is 2.22. The van der Waals surface area contributed by atoms with E-state index in [1.165, 1.54) is 0 Å². The number of nitrogens with zero attached hydrogens (tertiary/aromatic N) is 1. The number of rotatable bonds is 5. The summed E-state index contributed by atoms with van der Waals surface area (Å²) in [6.07, 6.45) is 1.74. The van der Waals surface area contributed by atoms with Gasteiger partial charge in [0, 0.05) is 25.1 Å². The van der Waals surface area contributed by atoms with Gasteiger partial charge in [0.25, 0.3) is 0 Å². The molecule has 110 valence electrons. The molecule has 1 N–H and O–H groups in total. The molecule has 1 amide bonds. The topological polar surface area (TPSA) is 49.8 Å². The van der Waals surface area contributed by atoms with Crippen LogP contribution in [0.1, 0.15) is 18.4 Å². The van der Waals surface area contributed by atoms with Gasteiger partial charge in [-0.3, -0.25) is 4.79 Å². The van der Waals surface area contributed by atoms with Gasteiger partial charge in [-0.15, -0.1) is 0 Å². The predicted molar refractivity (Wildman–Crippen MR) is 77.8 cm³/mol. The molecular formula is C15H20ClNO3. The van der Waals surface area contributed by atoms with Crippen LogP contribution < -0.4 is 0 Å². The highest BCUT2D eigenvalue weighted by molar-refractivity contribution is 6.31. The number of aliphatic hydroxyl groups excluding tert-OH is 1. The Balaban J connectivity index is 1.93. The lowest BCUT2D eigenvalue weighted by molar-refractivity contribution is -0.133. The van der Waals surface area contributed by atoms with Crippen molar-refractivity contribution in [1.82, 2.24) is 4.90 Å². The van der Waals surface area contributed by atoms with E-state index in [1.54, 1.807) is 12.0 Å². The largest absolute Gasteiger partial charge is 0.394 e. The lowest BCUT2D eigenvalue weighted by Gasteiger charge is -2.22. The summed E-state index contributed by atoms with van der Waals surface area (Å²) in [6, 6.07) is 7.42. The van der Waals surface area contributed by atoms with Gasteiger partial charge in [-0.05, 0) is 24.5 Å². The van der Waals surface area contributed by atoms with Crippen molar-refractivity contribution in [3.8, 4) is 0 Å². The molecule has 0 aliphatic carbocycles. The molecule has 0 radical (unpaired) electrons. The van der Waals surface area contributed by atoms with Gasteiger partial charge < -0.3 is 14.7 Å². The minimum Gasteiger partial charge on any atom is -0.394 e. The molecule has 2 atom stereocenters. The van der Waals surface area contributed by atoms with Gasteiger partial charge in [-0.25, -0.2) is 0 Å². The number of benzene rings is 1. The SMILES string of the molecule is CO[C@@H]1C[C@@H](CO)N(C(=O)CCc2ccccc2Cl)C1. The van der Waals surface area contributed by atoms with Crippen LogP contribution in [0, 0.1) is 0 Å². The lowest BCUT2D eigenvalue weighted by atomic mass is 10.1. The number of hydrogen-bond acceptors (Lipinski definition) is 3. The van der Waals surface area contributed by atoms with Crippen molar-refractivity contribution in [2.45, 2.75) is 31.4 Å². The zero-order valence-electron chi connectivity index (χ0n) is 11.6. The van der Waals surface area contributed by atoms with Crippen LogP contribution in [0.4, 0.5) is 0 Å². The second kappa shape index (κ2) is 7.07. The maximum Gasteiger partial charge on any atom is 0.223 e. The fourth-order valence-electron chi connectivity index (χ4n) is 2.61. The second-order valence-corrected chi connectivity index (χ2v) is 5.47. The average Bonchev–Trinajstić information content (AvgIpc) is 2.89. The van der Waals surface area contributed by atoms with Crippen molar-refractivity contribution in [1.29, 1.82) is 0 Å². The van der Waals surface area contributed by atoms with E-state index in [1.807, 2.05) is 24.3 Å². The Bertz CT molecular complexity index is 466. The number of aryl methyl sites for hydroxylation is 1. The van der Waals surface area contributed by atoms with Gasteiger partial charge in [0.1, 0.15) is 0 Å². The molecular weight excluding hydrogens is 278 g/mol. The Labute approximate surface area is 124 Å². The molecule has 1 saturated heterocycles. The van der Waals surface area contributed by atoms with E-state index in [9.17, 15) is 9.90 Å². The molecule has 1 heterocycles. The predicted octanol–water partition coefficient (Wildman–Crippen LogP) is 1.88. The summed E-state index contributed by atoms with van der Waals surface area (Å²) in [6.45, 7) is 0.542. The quantitative estimate of drug-likeness (QED) is 0.903. The van der Waals surface area contributed by atoms with Crippen LogP contribution in [-0.4, -0.2) is 48.3 Å². The van der Waals surface area contributed by atoms with Crippen molar-refractivity contribution in [3.05, 3.63) is 34.9 Å². The second-order valence-electron chi connectivity index (χ2n) is 5.07. The third kappa shape index (κ3) is 3.51. The fraction of sp³-hybridized carbons (Fsp3) is 0.533. The number of methoxy groups -OCH3 is 1. The molecule has 4 nitrogen and oxygen atoms in total. The van der Waals surface area contributed by atoms with E-state index in [0.717, 1.165) is 5.56 Å². The van der Waals surface area contributed by atoms with Crippen LogP contribution in [0.3, 0.4) is 0 Å². The van der Waals surface area contributed by atoms with Gasteiger partial charge in [0.05, 0.1) is 18.8 Å². The summed E-state index contributed by atoms with van der Waals surface area (Å²) < 4.78 is 5.28. The summed E-state index contributed by atoms with van der Waals surface area (Å²) in [7, 11) is 1.64. The van der Waals surface area contributed by atoms with Crippen molar-refractivity contribution >= 4 is 17.5 Å². The first-order chi connectivity index (χ1) is 9.65. The number of amides is 1. The maximum absolute atomic E-state index is 12.3. The zero-order chi connectivity index (χ0) is 14.5. The van der Waals surface area contributed by atoms with E-state index in [-0.39, 0.29) is 24.7 Å². The highest BCUT2D eigenvalue weighted by atomic mass is 35.5. The number of aliphatic hydroxyl groups is 1. The van der Waals surface area contributed by atoms with E-state index in [4.69, 9.17) is 16.3 Å². The van der Waals surface area contributed by atoms with Crippen LogP contribution in [-0.2, 0) is 16.0 Å². The smallest absolute Gasteiger partial charge is 0.223 e. The molecule has 1 fully saturated rings. The molecule has 0 spiro atoms. The maximum atomic E-state index is 12.3. The van der Waals surface area contributed by atoms with Gasteiger partial charge in [-0.2, -0.15) is 0 Å². The molecule has 1 aliphatic heterocycles. The van der Waals surface area contributed by atoms with Crippen LogP contribution in [0.2, 0.25) is 5.02 Å². The molecule has 2 rings (SSSR count). The normalized spacial score (nSPS) is 22.2. The van der Waals surface area contributed by atoms with Crippen molar-refractivity contribution < 1.29 is 14.6 Å². The van der Waals surface area contributed by atoms with Gasteiger partial charge in [-0.1, -0.05) is 29.8 Å². The molecule has 0 bridgehead atoms. The molecule has 0 unspecified atom stereocenters. The van der Waals surface area contributed by atoms with Crippen molar-refractivity contribution in [2.75, 3.05) is 20.3 Å². The van der Waals surface area contributed by atoms with E-state index < -0.39 is 0 Å². The van der Waals surface area contributed by atoms with Crippen LogP contribution in [0.5, 0.6) is 0 Å². The van der Waals surface area contributed by atoms with Crippen LogP contribution >= 0.6 is 11.6 Å². The summed E-state index contributed by atoms with van der Waals surface area (Å²) in [5.41, 5.74) is 0.977. The molecule has 1 aliphatic rings. The Morgan fingerprint density at radius 3 is 2.90 bits per heavy atom.